The van der Waals surface area contributed by atoms with Gasteiger partial charge in [-0.25, -0.2) is 4.98 Å². The van der Waals surface area contributed by atoms with Gasteiger partial charge in [0.2, 0.25) is 0 Å². The summed E-state index contributed by atoms with van der Waals surface area (Å²) >= 11 is 6.67. The maximum absolute atomic E-state index is 13.5. The quantitative estimate of drug-likeness (QED) is 0.335. The molecule has 0 spiro atoms. The van der Waals surface area contributed by atoms with Crippen molar-refractivity contribution >= 4 is 51.7 Å². The summed E-state index contributed by atoms with van der Waals surface area (Å²) in [5.74, 6) is 0.378. The molecule has 4 heterocycles. The van der Waals surface area contributed by atoms with Crippen LogP contribution in [-0.4, -0.2) is 69.6 Å². The number of carbonyl (C=O) groups is 1. The highest BCUT2D eigenvalue weighted by molar-refractivity contribution is 8.26. The molecule has 2 aromatic rings. The Balaban J connectivity index is 1.73. The highest BCUT2D eigenvalue weighted by Gasteiger charge is 2.33. The summed E-state index contributed by atoms with van der Waals surface area (Å²) in [6.45, 7) is 8.86. The number of thiocarbonyl (C=S) groups is 1. The first-order chi connectivity index (χ1) is 15.9. The molecule has 0 bridgehead atoms. The van der Waals surface area contributed by atoms with Crippen LogP contribution in [0.15, 0.2) is 34.1 Å². The molecule has 1 amide bonds. The van der Waals surface area contributed by atoms with E-state index in [1.54, 1.807) is 29.3 Å². The summed E-state index contributed by atoms with van der Waals surface area (Å²) in [6, 6.07) is 5.44. The van der Waals surface area contributed by atoms with Gasteiger partial charge in [0, 0.05) is 39.0 Å². The van der Waals surface area contributed by atoms with Crippen LogP contribution in [0.1, 0.15) is 32.8 Å². The molecule has 2 aromatic heterocycles. The molecule has 8 nitrogen and oxygen atoms in total. The van der Waals surface area contributed by atoms with Gasteiger partial charge in [-0.15, -0.1) is 0 Å². The number of ether oxygens (including phenoxy) is 2. The van der Waals surface area contributed by atoms with Crippen LogP contribution in [0.4, 0.5) is 5.82 Å². The van der Waals surface area contributed by atoms with E-state index in [0.717, 1.165) is 0 Å². The van der Waals surface area contributed by atoms with Gasteiger partial charge >= 0.3 is 0 Å². The number of hydrogen-bond acceptors (Lipinski definition) is 8. The molecule has 2 saturated heterocycles. The summed E-state index contributed by atoms with van der Waals surface area (Å²) in [4.78, 5) is 35.5. The van der Waals surface area contributed by atoms with Crippen LogP contribution in [0.3, 0.4) is 0 Å². The lowest BCUT2D eigenvalue weighted by molar-refractivity contribution is -0.122. The van der Waals surface area contributed by atoms with E-state index < -0.39 is 0 Å². The number of aromatic nitrogens is 2. The van der Waals surface area contributed by atoms with Crippen LogP contribution < -0.4 is 10.5 Å². The molecule has 0 aromatic carbocycles. The minimum atomic E-state index is -0.219. The number of carbonyl (C=O) groups excluding carboxylic acids is 1. The SMILES string of the molecule is CCOCCCN1C(=O)/C(=C/c2c(N3C[C@H](C)O[C@@H](C)C3)nc3ccccn3c2=O)SC1=S. The van der Waals surface area contributed by atoms with Crippen molar-refractivity contribution in [2.75, 3.05) is 37.7 Å². The molecule has 0 unspecified atom stereocenters. The lowest BCUT2D eigenvalue weighted by atomic mass is 10.2. The zero-order chi connectivity index (χ0) is 23.5. The summed E-state index contributed by atoms with van der Waals surface area (Å²) in [5.41, 5.74) is 0.726. The second-order valence-electron chi connectivity index (χ2n) is 8.13. The van der Waals surface area contributed by atoms with Crippen molar-refractivity contribution in [3.8, 4) is 0 Å². The molecular formula is C23H28N4O4S2. The highest BCUT2D eigenvalue weighted by atomic mass is 32.2. The molecule has 4 rings (SSSR count). The second kappa shape index (κ2) is 10.3. The normalized spacial score (nSPS) is 22.7. The molecule has 0 N–H and O–H groups in total. The number of pyridine rings is 1. The van der Waals surface area contributed by atoms with E-state index in [9.17, 15) is 9.59 Å². The van der Waals surface area contributed by atoms with Gasteiger partial charge in [-0.05, 0) is 45.4 Å². The van der Waals surface area contributed by atoms with Crippen molar-refractivity contribution in [1.29, 1.82) is 0 Å². The maximum Gasteiger partial charge on any atom is 0.267 e. The van der Waals surface area contributed by atoms with Gasteiger partial charge < -0.3 is 14.4 Å². The molecule has 33 heavy (non-hydrogen) atoms. The van der Waals surface area contributed by atoms with Crippen LogP contribution in [-0.2, 0) is 14.3 Å². The first kappa shape index (κ1) is 23.9. The average molecular weight is 489 g/mol. The van der Waals surface area contributed by atoms with Crippen LogP contribution >= 0.6 is 24.0 Å². The third-order valence-electron chi connectivity index (χ3n) is 5.49. The standard InChI is InChI=1S/C23H28N4O4S2/c1-4-30-11-7-10-27-22(29)18(33-23(27)32)12-17-20(25-13-15(2)31-16(3)14-25)24-19-8-5-6-9-26(19)21(17)28/h5-6,8-9,12,15-16H,4,7,10-11,13-14H2,1-3H3/b18-12-/t15-,16-/m0/s1. The van der Waals surface area contributed by atoms with E-state index in [1.165, 1.54) is 16.2 Å². The fraction of sp³-hybridized carbons (Fsp3) is 0.478. The second-order valence-corrected chi connectivity index (χ2v) is 9.80. The number of anilines is 1. The average Bonchev–Trinajstić information content (AvgIpc) is 3.05. The fourth-order valence-corrected chi connectivity index (χ4v) is 5.39. The van der Waals surface area contributed by atoms with Gasteiger partial charge in [0.25, 0.3) is 11.5 Å². The maximum atomic E-state index is 13.5. The molecule has 2 aliphatic heterocycles. The van der Waals surface area contributed by atoms with E-state index in [4.69, 9.17) is 26.7 Å². The summed E-state index contributed by atoms with van der Waals surface area (Å²) in [6.07, 6.45) is 4.04. The molecule has 2 aliphatic rings. The molecule has 2 fully saturated rings. The first-order valence-electron chi connectivity index (χ1n) is 11.1. The van der Waals surface area contributed by atoms with E-state index in [0.29, 0.717) is 65.5 Å². The van der Waals surface area contributed by atoms with Crippen molar-refractivity contribution < 1.29 is 14.3 Å². The van der Waals surface area contributed by atoms with Crippen molar-refractivity contribution in [3.05, 3.63) is 45.2 Å². The summed E-state index contributed by atoms with van der Waals surface area (Å²) in [5, 5.41) is 0. The predicted molar refractivity (Wildman–Crippen MR) is 135 cm³/mol. The van der Waals surface area contributed by atoms with E-state index in [2.05, 4.69) is 4.90 Å². The van der Waals surface area contributed by atoms with Crippen LogP contribution in [0, 0.1) is 0 Å². The van der Waals surface area contributed by atoms with Gasteiger partial charge in [-0.2, -0.15) is 0 Å². The molecule has 2 atom stereocenters. The zero-order valence-electron chi connectivity index (χ0n) is 19.0. The van der Waals surface area contributed by atoms with E-state index in [-0.39, 0.29) is 23.7 Å². The lowest BCUT2D eigenvalue weighted by Gasteiger charge is -2.36. The third-order valence-corrected chi connectivity index (χ3v) is 6.87. The van der Waals surface area contributed by atoms with Crippen molar-refractivity contribution in [3.63, 3.8) is 0 Å². The molecule has 0 radical (unpaired) electrons. The molecule has 10 heteroatoms. The van der Waals surface area contributed by atoms with Crippen LogP contribution in [0.5, 0.6) is 0 Å². The first-order valence-corrected chi connectivity index (χ1v) is 12.4. The number of hydrogen-bond donors (Lipinski definition) is 0. The van der Waals surface area contributed by atoms with Crippen molar-refractivity contribution in [1.82, 2.24) is 14.3 Å². The Kier molecular flexibility index (Phi) is 7.48. The summed E-state index contributed by atoms with van der Waals surface area (Å²) < 4.78 is 13.2. The Morgan fingerprint density at radius 3 is 2.76 bits per heavy atom. The Morgan fingerprint density at radius 1 is 1.27 bits per heavy atom. The number of thioether (sulfide) groups is 1. The van der Waals surface area contributed by atoms with Crippen LogP contribution in [0.25, 0.3) is 11.7 Å². The molecule has 176 valence electrons. The minimum absolute atomic E-state index is 0.00109. The molecular weight excluding hydrogens is 460 g/mol. The number of nitrogens with zero attached hydrogens (tertiary/aromatic N) is 4. The number of fused-ring (bicyclic) bond motifs is 1. The van der Waals surface area contributed by atoms with Crippen molar-refractivity contribution in [2.45, 2.75) is 39.4 Å². The molecule has 0 aliphatic carbocycles. The van der Waals surface area contributed by atoms with E-state index in [1.807, 2.05) is 26.8 Å². The number of morpholine rings is 1. The fourth-order valence-electron chi connectivity index (χ4n) is 4.10. The van der Waals surface area contributed by atoms with Gasteiger partial charge in [0.1, 0.15) is 15.8 Å². The van der Waals surface area contributed by atoms with Gasteiger partial charge in [-0.1, -0.05) is 30.0 Å². The smallest absolute Gasteiger partial charge is 0.267 e. The Bertz CT molecular complexity index is 1140. The monoisotopic (exact) mass is 488 g/mol. The Labute approximate surface area is 202 Å². The minimum Gasteiger partial charge on any atom is -0.382 e. The Hall–Kier alpha value is -2.27. The van der Waals surface area contributed by atoms with Gasteiger partial charge in [0.05, 0.1) is 22.7 Å². The molecule has 0 saturated carbocycles. The lowest BCUT2D eigenvalue weighted by Crippen LogP contribution is -2.46. The topological polar surface area (TPSA) is 76.4 Å². The van der Waals surface area contributed by atoms with Gasteiger partial charge in [0.15, 0.2) is 0 Å². The summed E-state index contributed by atoms with van der Waals surface area (Å²) in [7, 11) is 0. The van der Waals surface area contributed by atoms with Gasteiger partial charge in [-0.3, -0.25) is 18.9 Å². The largest absolute Gasteiger partial charge is 0.382 e. The zero-order valence-corrected chi connectivity index (χ0v) is 20.7. The third kappa shape index (κ3) is 5.13. The number of rotatable bonds is 7. The highest BCUT2D eigenvalue weighted by Crippen LogP contribution is 2.34. The van der Waals surface area contributed by atoms with E-state index >= 15 is 0 Å². The van der Waals surface area contributed by atoms with Crippen LogP contribution in [0.2, 0.25) is 0 Å². The predicted octanol–water partition coefficient (Wildman–Crippen LogP) is 2.94. The number of amides is 1. The van der Waals surface area contributed by atoms with Crippen molar-refractivity contribution in [2.24, 2.45) is 0 Å². The Morgan fingerprint density at radius 2 is 2.03 bits per heavy atom.